The molecule has 4 N–H and O–H groups in total. The molecule has 0 bridgehead atoms. The molecule has 2 amide bonds. The van der Waals surface area contributed by atoms with Crippen molar-refractivity contribution in [3.8, 4) is 0 Å². The van der Waals surface area contributed by atoms with Crippen molar-refractivity contribution in [3.05, 3.63) is 67.0 Å². The summed E-state index contributed by atoms with van der Waals surface area (Å²) in [4.78, 5) is 38.5. The number of pyridine rings is 1. The molecule has 0 saturated carbocycles. The van der Waals surface area contributed by atoms with Crippen LogP contribution in [0.2, 0.25) is 10.0 Å². The lowest BCUT2D eigenvalue weighted by Gasteiger charge is -2.26. The SMILES string of the molecule is NC(=O)c1cc2c([nH]c1=O)CCCC2NC(=O)c1cc(Cl)cc(Cl)c1. The molecule has 2 aromatic rings. The predicted molar refractivity (Wildman–Crippen MR) is 95.2 cm³/mol. The van der Waals surface area contributed by atoms with Gasteiger partial charge in [0.15, 0.2) is 0 Å². The highest BCUT2D eigenvalue weighted by molar-refractivity contribution is 6.35. The standard InChI is InChI=1S/C17H15Cl2N3O3/c18-9-4-8(5-10(19)6-9)16(24)21-13-2-1-3-14-11(13)7-12(15(20)23)17(25)22-14/h4-7,13H,1-3H2,(H2,20,23)(H,21,24)(H,22,25). The lowest BCUT2D eigenvalue weighted by molar-refractivity contribution is 0.0932. The van der Waals surface area contributed by atoms with Gasteiger partial charge >= 0.3 is 0 Å². The van der Waals surface area contributed by atoms with Gasteiger partial charge in [-0.15, -0.1) is 0 Å². The fraction of sp³-hybridized carbons (Fsp3) is 0.235. The molecular formula is C17H15Cl2N3O3. The van der Waals surface area contributed by atoms with Gasteiger partial charge in [-0.25, -0.2) is 0 Å². The molecule has 0 saturated heterocycles. The normalized spacial score (nSPS) is 16.2. The molecule has 0 spiro atoms. The van der Waals surface area contributed by atoms with Gasteiger partial charge in [-0.3, -0.25) is 14.4 Å². The average molecular weight is 380 g/mol. The van der Waals surface area contributed by atoms with Crippen LogP contribution in [0, 0.1) is 0 Å². The van der Waals surface area contributed by atoms with Crippen molar-refractivity contribution in [1.82, 2.24) is 10.3 Å². The Morgan fingerprint density at radius 2 is 1.84 bits per heavy atom. The van der Waals surface area contributed by atoms with E-state index in [9.17, 15) is 14.4 Å². The summed E-state index contributed by atoms with van der Waals surface area (Å²) in [5.41, 5.74) is 6.35. The second-order valence-corrected chi connectivity index (χ2v) is 6.76. The van der Waals surface area contributed by atoms with Crippen molar-refractivity contribution in [1.29, 1.82) is 0 Å². The molecule has 1 aromatic carbocycles. The number of nitrogens with two attached hydrogens (primary N) is 1. The molecule has 1 aromatic heterocycles. The maximum Gasteiger partial charge on any atom is 0.261 e. The molecule has 3 rings (SSSR count). The van der Waals surface area contributed by atoms with E-state index in [2.05, 4.69) is 10.3 Å². The summed E-state index contributed by atoms with van der Waals surface area (Å²) >= 11 is 11.9. The lowest BCUT2D eigenvalue weighted by atomic mass is 9.90. The van der Waals surface area contributed by atoms with Crippen molar-refractivity contribution in [2.24, 2.45) is 5.73 Å². The maximum absolute atomic E-state index is 12.5. The van der Waals surface area contributed by atoms with Crippen LogP contribution in [0.5, 0.6) is 0 Å². The molecule has 25 heavy (non-hydrogen) atoms. The highest BCUT2D eigenvalue weighted by Gasteiger charge is 2.25. The third kappa shape index (κ3) is 3.70. The zero-order valence-corrected chi connectivity index (χ0v) is 14.6. The van der Waals surface area contributed by atoms with Crippen LogP contribution in [-0.2, 0) is 6.42 Å². The van der Waals surface area contributed by atoms with E-state index in [4.69, 9.17) is 28.9 Å². The fourth-order valence-corrected chi connectivity index (χ4v) is 3.53. The van der Waals surface area contributed by atoms with Gasteiger partial charge in [0.2, 0.25) is 0 Å². The Hall–Kier alpha value is -2.31. The molecule has 1 unspecified atom stereocenters. The van der Waals surface area contributed by atoms with Gasteiger partial charge in [-0.05, 0) is 49.1 Å². The highest BCUT2D eigenvalue weighted by Crippen LogP contribution is 2.29. The number of hydrogen-bond acceptors (Lipinski definition) is 3. The number of H-pyrrole nitrogens is 1. The maximum atomic E-state index is 12.5. The summed E-state index contributed by atoms with van der Waals surface area (Å²) in [6.45, 7) is 0. The summed E-state index contributed by atoms with van der Waals surface area (Å²) in [6, 6.07) is 5.71. The van der Waals surface area contributed by atoms with E-state index in [1.807, 2.05) is 0 Å². The summed E-state index contributed by atoms with van der Waals surface area (Å²) in [7, 11) is 0. The fourth-order valence-electron chi connectivity index (χ4n) is 3.00. The first-order chi connectivity index (χ1) is 11.8. The van der Waals surface area contributed by atoms with Crippen LogP contribution in [0.3, 0.4) is 0 Å². The van der Waals surface area contributed by atoms with E-state index >= 15 is 0 Å². The molecule has 1 aliphatic carbocycles. The third-order valence-corrected chi connectivity index (χ3v) is 4.58. The zero-order valence-electron chi connectivity index (χ0n) is 13.1. The van der Waals surface area contributed by atoms with E-state index in [1.165, 1.54) is 18.2 Å². The molecule has 6 nitrogen and oxygen atoms in total. The minimum atomic E-state index is -0.804. The predicted octanol–water partition coefficient (Wildman–Crippen LogP) is 2.59. The number of hydrogen-bond donors (Lipinski definition) is 3. The van der Waals surface area contributed by atoms with E-state index in [0.29, 0.717) is 39.7 Å². The van der Waals surface area contributed by atoms with Crippen LogP contribution < -0.4 is 16.6 Å². The Morgan fingerprint density at radius 1 is 1.16 bits per heavy atom. The second-order valence-electron chi connectivity index (χ2n) is 5.89. The number of aromatic amines is 1. The number of aromatic nitrogens is 1. The van der Waals surface area contributed by atoms with Crippen molar-refractivity contribution in [2.75, 3.05) is 0 Å². The van der Waals surface area contributed by atoms with Gasteiger partial charge < -0.3 is 16.0 Å². The third-order valence-electron chi connectivity index (χ3n) is 4.15. The van der Waals surface area contributed by atoms with Crippen molar-refractivity contribution in [3.63, 3.8) is 0 Å². The monoisotopic (exact) mass is 379 g/mol. The first-order valence-electron chi connectivity index (χ1n) is 7.68. The number of primary amides is 1. The first kappa shape index (κ1) is 17.5. The summed E-state index contributed by atoms with van der Waals surface area (Å²) < 4.78 is 0. The molecule has 8 heteroatoms. The number of benzene rings is 1. The number of carbonyl (C=O) groups excluding carboxylic acids is 2. The van der Waals surface area contributed by atoms with Gasteiger partial charge in [-0.1, -0.05) is 23.2 Å². The Labute approximate surface area is 153 Å². The molecule has 0 fully saturated rings. The molecule has 1 heterocycles. The number of halogens is 2. The largest absolute Gasteiger partial charge is 0.365 e. The van der Waals surface area contributed by atoms with Gasteiger partial charge in [0, 0.05) is 21.3 Å². The van der Waals surface area contributed by atoms with Crippen molar-refractivity contribution >= 4 is 35.0 Å². The average Bonchev–Trinajstić information content (AvgIpc) is 2.53. The molecule has 1 atom stereocenters. The Kier molecular flexibility index (Phi) is 4.83. The smallest absolute Gasteiger partial charge is 0.261 e. The number of rotatable bonds is 3. The number of carbonyl (C=O) groups is 2. The molecule has 130 valence electrons. The molecule has 0 radical (unpaired) electrons. The van der Waals surface area contributed by atoms with E-state index in [0.717, 1.165) is 6.42 Å². The van der Waals surface area contributed by atoms with Crippen LogP contribution >= 0.6 is 23.2 Å². The number of nitrogens with one attached hydrogen (secondary N) is 2. The van der Waals surface area contributed by atoms with Crippen molar-refractivity contribution < 1.29 is 9.59 Å². The topological polar surface area (TPSA) is 105 Å². The Bertz CT molecular complexity index is 904. The van der Waals surface area contributed by atoms with Gasteiger partial charge in [-0.2, -0.15) is 0 Å². The lowest BCUT2D eigenvalue weighted by Crippen LogP contribution is -2.34. The highest BCUT2D eigenvalue weighted by atomic mass is 35.5. The van der Waals surface area contributed by atoms with Gasteiger partial charge in [0.25, 0.3) is 17.4 Å². The minimum absolute atomic E-state index is 0.120. The van der Waals surface area contributed by atoms with E-state index in [-0.39, 0.29) is 17.5 Å². The van der Waals surface area contributed by atoms with E-state index < -0.39 is 11.5 Å². The first-order valence-corrected chi connectivity index (χ1v) is 8.43. The van der Waals surface area contributed by atoms with E-state index in [1.54, 1.807) is 6.07 Å². The Morgan fingerprint density at radius 3 is 2.48 bits per heavy atom. The van der Waals surface area contributed by atoms with Crippen LogP contribution in [0.15, 0.2) is 29.1 Å². The summed E-state index contributed by atoms with van der Waals surface area (Å²) in [6.07, 6.45) is 2.14. The minimum Gasteiger partial charge on any atom is -0.365 e. The van der Waals surface area contributed by atoms with Crippen LogP contribution in [-0.4, -0.2) is 16.8 Å². The molecule has 1 aliphatic rings. The number of fused-ring (bicyclic) bond motifs is 1. The summed E-state index contributed by atoms with van der Waals surface area (Å²) in [5.74, 6) is -1.14. The number of aryl methyl sites for hydroxylation is 1. The molecule has 0 aliphatic heterocycles. The van der Waals surface area contributed by atoms with Gasteiger partial charge in [0.05, 0.1) is 6.04 Å². The number of amides is 2. The van der Waals surface area contributed by atoms with Crippen molar-refractivity contribution in [2.45, 2.75) is 25.3 Å². The zero-order chi connectivity index (χ0) is 18.1. The summed E-state index contributed by atoms with van der Waals surface area (Å²) in [5, 5.41) is 3.63. The Balaban J connectivity index is 1.92. The van der Waals surface area contributed by atoms with Crippen LogP contribution in [0.4, 0.5) is 0 Å². The van der Waals surface area contributed by atoms with Gasteiger partial charge in [0.1, 0.15) is 5.56 Å². The van der Waals surface area contributed by atoms with Crippen LogP contribution in [0.1, 0.15) is 50.9 Å². The second kappa shape index (κ2) is 6.90. The van der Waals surface area contributed by atoms with Crippen LogP contribution in [0.25, 0.3) is 0 Å². The quantitative estimate of drug-likeness (QED) is 0.762. The molecular weight excluding hydrogens is 365 g/mol.